The fourth-order valence-electron chi connectivity index (χ4n) is 2.64. The minimum Gasteiger partial charge on any atom is -0.377 e. The van der Waals surface area contributed by atoms with Crippen LogP contribution >= 0.6 is 11.3 Å². The first-order valence-electron chi connectivity index (χ1n) is 8.05. The van der Waals surface area contributed by atoms with Gasteiger partial charge in [-0.3, -0.25) is 5.10 Å². The number of hydrogen-bond acceptors (Lipinski definition) is 6. The first-order chi connectivity index (χ1) is 11.5. The Morgan fingerprint density at radius 2 is 2.12 bits per heavy atom. The van der Waals surface area contributed by atoms with Gasteiger partial charge in [-0.1, -0.05) is 0 Å². The summed E-state index contributed by atoms with van der Waals surface area (Å²) in [4.78, 5) is 5.93. The van der Waals surface area contributed by atoms with Crippen molar-refractivity contribution in [3.8, 4) is 10.6 Å². The van der Waals surface area contributed by atoms with Gasteiger partial charge in [0, 0.05) is 17.8 Å². The lowest BCUT2D eigenvalue weighted by molar-refractivity contribution is 0.0211. The molecule has 0 aromatic carbocycles. The average Bonchev–Trinajstić information content (AvgIpc) is 3.08. The van der Waals surface area contributed by atoms with E-state index in [0.717, 1.165) is 45.5 Å². The van der Waals surface area contributed by atoms with Gasteiger partial charge in [0.15, 0.2) is 0 Å². The molecule has 3 aromatic rings. The van der Waals surface area contributed by atoms with Crippen LogP contribution in [0.15, 0.2) is 24.4 Å². The third-order valence-corrected chi connectivity index (χ3v) is 4.94. The largest absolute Gasteiger partial charge is 0.377 e. The summed E-state index contributed by atoms with van der Waals surface area (Å²) in [5.41, 5.74) is 3.07. The number of rotatable bonds is 4. The fraction of sp³-hybridized carbons (Fsp3) is 0.412. The number of anilines is 2. The third kappa shape index (κ3) is 3.09. The van der Waals surface area contributed by atoms with Gasteiger partial charge < -0.3 is 15.4 Å². The quantitative estimate of drug-likeness (QED) is 0.673. The highest BCUT2D eigenvalue weighted by Crippen LogP contribution is 2.38. The lowest BCUT2D eigenvalue weighted by Gasteiger charge is -2.28. The van der Waals surface area contributed by atoms with Crippen molar-refractivity contribution in [1.29, 1.82) is 0 Å². The Morgan fingerprint density at radius 1 is 1.29 bits per heavy atom. The van der Waals surface area contributed by atoms with Crippen molar-refractivity contribution >= 4 is 33.1 Å². The second-order valence-corrected chi connectivity index (χ2v) is 8.16. The zero-order valence-corrected chi connectivity index (χ0v) is 14.8. The molecular formula is C17H21N5OS. The van der Waals surface area contributed by atoms with E-state index in [0.29, 0.717) is 6.04 Å². The summed E-state index contributed by atoms with van der Waals surface area (Å²) in [6.45, 7) is 7.91. The summed E-state index contributed by atoms with van der Waals surface area (Å²) in [6, 6.07) is 6.56. The average molecular weight is 343 g/mol. The van der Waals surface area contributed by atoms with Gasteiger partial charge in [-0.05, 0) is 32.9 Å². The molecule has 126 valence electrons. The number of ether oxygens (including phenoxy) is 1. The van der Waals surface area contributed by atoms with Gasteiger partial charge in [0.1, 0.15) is 5.82 Å². The maximum absolute atomic E-state index is 5.29. The Kier molecular flexibility index (Phi) is 3.69. The van der Waals surface area contributed by atoms with Crippen LogP contribution in [-0.4, -0.2) is 40.0 Å². The summed E-state index contributed by atoms with van der Waals surface area (Å²) in [7, 11) is 0. The molecule has 0 spiro atoms. The minimum absolute atomic E-state index is 0.0419. The van der Waals surface area contributed by atoms with E-state index in [-0.39, 0.29) is 5.54 Å². The van der Waals surface area contributed by atoms with E-state index in [1.807, 2.05) is 6.07 Å². The van der Waals surface area contributed by atoms with Crippen LogP contribution in [0.2, 0.25) is 0 Å². The lowest BCUT2D eigenvalue weighted by atomic mass is 10.1. The zero-order chi connectivity index (χ0) is 16.7. The molecule has 0 unspecified atom stereocenters. The third-order valence-electron chi connectivity index (χ3n) is 3.75. The van der Waals surface area contributed by atoms with Gasteiger partial charge in [0.05, 0.1) is 45.7 Å². The molecule has 0 saturated carbocycles. The molecular weight excluding hydrogens is 322 g/mol. The van der Waals surface area contributed by atoms with E-state index in [1.165, 1.54) is 0 Å². The molecule has 3 aromatic heterocycles. The standard InChI is InChI=1S/C17H21N5OS/c1-17(2,3)21-15-7-13(19-10-8-23-9-10)16-12(20-15)6-14(24-16)11-4-5-18-22-11/h4-7,10H,8-9H2,1-3H3,(H,18,22)(H2,19,20,21). The molecule has 1 aliphatic heterocycles. The molecule has 0 amide bonds. The van der Waals surface area contributed by atoms with Gasteiger partial charge in [-0.2, -0.15) is 5.10 Å². The predicted octanol–water partition coefficient (Wildman–Crippen LogP) is 3.71. The molecule has 3 N–H and O–H groups in total. The summed E-state index contributed by atoms with van der Waals surface area (Å²) >= 11 is 1.72. The van der Waals surface area contributed by atoms with Crippen molar-refractivity contribution in [2.45, 2.75) is 32.4 Å². The van der Waals surface area contributed by atoms with Crippen LogP contribution in [0.3, 0.4) is 0 Å². The van der Waals surface area contributed by atoms with Crippen LogP contribution in [0.5, 0.6) is 0 Å². The van der Waals surface area contributed by atoms with Crippen LogP contribution in [0, 0.1) is 0 Å². The SMILES string of the molecule is CC(C)(C)Nc1cc(NC2COC2)c2sc(-c3ccn[nH]3)cc2n1. The Morgan fingerprint density at radius 3 is 2.75 bits per heavy atom. The maximum Gasteiger partial charge on any atom is 0.129 e. The van der Waals surface area contributed by atoms with Crippen molar-refractivity contribution < 1.29 is 4.74 Å². The Labute approximate surface area is 144 Å². The zero-order valence-electron chi connectivity index (χ0n) is 14.0. The molecule has 0 bridgehead atoms. The van der Waals surface area contributed by atoms with Gasteiger partial charge in [0.2, 0.25) is 0 Å². The van der Waals surface area contributed by atoms with Crippen LogP contribution in [0.4, 0.5) is 11.5 Å². The number of aromatic amines is 1. The van der Waals surface area contributed by atoms with Crippen molar-refractivity contribution in [2.75, 3.05) is 23.8 Å². The molecule has 4 rings (SSSR count). The van der Waals surface area contributed by atoms with Crippen molar-refractivity contribution in [3.63, 3.8) is 0 Å². The topological polar surface area (TPSA) is 74.9 Å². The summed E-state index contributed by atoms with van der Waals surface area (Å²) in [6.07, 6.45) is 1.77. The number of H-pyrrole nitrogens is 1. The molecule has 7 heteroatoms. The van der Waals surface area contributed by atoms with E-state index in [2.05, 4.69) is 53.7 Å². The second-order valence-electron chi connectivity index (χ2n) is 7.10. The van der Waals surface area contributed by atoms with Gasteiger partial charge in [-0.15, -0.1) is 11.3 Å². The monoisotopic (exact) mass is 343 g/mol. The van der Waals surface area contributed by atoms with Crippen LogP contribution < -0.4 is 10.6 Å². The van der Waals surface area contributed by atoms with Crippen LogP contribution in [0.1, 0.15) is 20.8 Å². The summed E-state index contributed by atoms with van der Waals surface area (Å²) in [5.74, 6) is 0.881. The van der Waals surface area contributed by atoms with Gasteiger partial charge in [-0.25, -0.2) is 4.98 Å². The highest BCUT2D eigenvalue weighted by atomic mass is 32.1. The van der Waals surface area contributed by atoms with Gasteiger partial charge >= 0.3 is 0 Å². The molecule has 0 aliphatic carbocycles. The lowest BCUT2D eigenvalue weighted by Crippen LogP contribution is -2.40. The molecule has 0 radical (unpaired) electrons. The van der Waals surface area contributed by atoms with Crippen molar-refractivity contribution in [1.82, 2.24) is 15.2 Å². The van der Waals surface area contributed by atoms with Crippen LogP contribution in [-0.2, 0) is 4.74 Å². The van der Waals surface area contributed by atoms with E-state index < -0.39 is 0 Å². The molecule has 1 fully saturated rings. The summed E-state index contributed by atoms with van der Waals surface area (Å²) < 4.78 is 6.45. The predicted molar refractivity (Wildman–Crippen MR) is 98.8 cm³/mol. The first-order valence-corrected chi connectivity index (χ1v) is 8.86. The highest BCUT2D eigenvalue weighted by molar-refractivity contribution is 7.22. The van der Waals surface area contributed by atoms with E-state index in [1.54, 1.807) is 17.5 Å². The smallest absolute Gasteiger partial charge is 0.129 e. The molecule has 24 heavy (non-hydrogen) atoms. The van der Waals surface area contributed by atoms with Crippen LogP contribution in [0.25, 0.3) is 20.8 Å². The second kappa shape index (κ2) is 5.75. The number of aromatic nitrogens is 3. The number of hydrogen-bond donors (Lipinski definition) is 3. The Hall–Kier alpha value is -2.12. The van der Waals surface area contributed by atoms with Crippen molar-refractivity contribution in [3.05, 3.63) is 24.4 Å². The van der Waals surface area contributed by atoms with E-state index >= 15 is 0 Å². The Bertz CT molecular complexity index is 846. The van der Waals surface area contributed by atoms with E-state index in [4.69, 9.17) is 9.72 Å². The van der Waals surface area contributed by atoms with Crippen molar-refractivity contribution in [2.24, 2.45) is 0 Å². The van der Waals surface area contributed by atoms with Gasteiger partial charge in [0.25, 0.3) is 0 Å². The number of nitrogens with one attached hydrogen (secondary N) is 3. The molecule has 4 heterocycles. The minimum atomic E-state index is -0.0419. The number of pyridine rings is 1. The number of thiophene rings is 1. The summed E-state index contributed by atoms with van der Waals surface area (Å²) in [5, 5.41) is 14.1. The Balaban J connectivity index is 1.78. The number of nitrogens with zero attached hydrogens (tertiary/aromatic N) is 2. The number of fused-ring (bicyclic) bond motifs is 1. The first kappa shape index (κ1) is 15.4. The molecule has 1 saturated heterocycles. The van der Waals surface area contributed by atoms with E-state index in [9.17, 15) is 0 Å². The molecule has 6 nitrogen and oxygen atoms in total. The maximum atomic E-state index is 5.29. The normalized spacial score (nSPS) is 15.5. The highest BCUT2D eigenvalue weighted by Gasteiger charge is 2.21. The molecule has 1 aliphatic rings. The molecule has 0 atom stereocenters. The fourth-order valence-corrected chi connectivity index (χ4v) is 3.69.